The lowest BCUT2D eigenvalue weighted by Gasteiger charge is -2.23. The molecular weight excluding hydrogens is 336 g/mol. The van der Waals surface area contributed by atoms with E-state index in [1.54, 1.807) is 17.9 Å². The Bertz CT molecular complexity index is 739. The van der Waals surface area contributed by atoms with E-state index in [4.69, 9.17) is 9.26 Å². The molecule has 0 bridgehead atoms. The lowest BCUT2D eigenvalue weighted by atomic mass is 10.2. The number of likely N-dealkylation sites (tertiary alicyclic amines) is 1. The van der Waals surface area contributed by atoms with Crippen molar-refractivity contribution in [3.8, 4) is 5.88 Å². The quantitative estimate of drug-likeness (QED) is 0.888. The van der Waals surface area contributed by atoms with Gasteiger partial charge < -0.3 is 19.5 Å². The van der Waals surface area contributed by atoms with Crippen molar-refractivity contribution in [3.05, 3.63) is 30.0 Å². The Morgan fingerprint density at radius 1 is 1.56 bits per heavy atom. The van der Waals surface area contributed by atoms with Gasteiger partial charge in [-0.25, -0.2) is 18.6 Å². The summed E-state index contributed by atoms with van der Waals surface area (Å²) in [4.78, 5) is 22.2. The summed E-state index contributed by atoms with van der Waals surface area (Å²) in [5.41, 5.74) is 0.225. The number of carbonyl (C=O) groups is 1. The molecule has 25 heavy (non-hydrogen) atoms. The van der Waals surface area contributed by atoms with Crippen molar-refractivity contribution in [1.29, 1.82) is 0 Å². The molecule has 1 aliphatic heterocycles. The van der Waals surface area contributed by atoms with Gasteiger partial charge in [0.2, 0.25) is 11.8 Å². The molecule has 0 radical (unpaired) electrons. The molecule has 1 unspecified atom stereocenters. The lowest BCUT2D eigenvalue weighted by Crippen LogP contribution is -2.35. The highest BCUT2D eigenvalue weighted by Crippen LogP contribution is 2.31. The summed E-state index contributed by atoms with van der Waals surface area (Å²) in [6.07, 6.45) is 0.286. The van der Waals surface area contributed by atoms with Crippen LogP contribution < -0.4 is 10.1 Å². The number of urea groups is 1. The molecule has 2 aromatic rings. The molecule has 1 saturated heterocycles. The molecule has 10 heteroatoms. The van der Waals surface area contributed by atoms with Crippen molar-refractivity contribution in [2.24, 2.45) is 0 Å². The van der Waals surface area contributed by atoms with Crippen LogP contribution in [0.4, 0.5) is 19.3 Å². The standard InChI is InChI=1S/C15H17F2N5O3/c1-9-19-13(21-25-9)11-5-3-7-22(11)15(23)20-10-4-2-6-18-14(10)24-8-12(16)17/h2,4,6,11-12H,3,5,7-8H2,1H3,(H,20,23). The predicted molar refractivity (Wildman–Crippen MR) is 82.5 cm³/mol. The number of aryl methyl sites for hydroxylation is 1. The average Bonchev–Trinajstić information content (AvgIpc) is 3.22. The van der Waals surface area contributed by atoms with Crippen molar-refractivity contribution in [2.75, 3.05) is 18.5 Å². The molecule has 3 rings (SSSR count). The van der Waals surface area contributed by atoms with Crippen LogP contribution in [0.2, 0.25) is 0 Å². The first kappa shape index (κ1) is 17.1. The van der Waals surface area contributed by atoms with Gasteiger partial charge in [-0.1, -0.05) is 5.16 Å². The van der Waals surface area contributed by atoms with Crippen LogP contribution in [0.15, 0.2) is 22.9 Å². The van der Waals surface area contributed by atoms with E-state index in [-0.39, 0.29) is 17.6 Å². The molecule has 0 spiro atoms. The van der Waals surface area contributed by atoms with Crippen LogP contribution in [0.25, 0.3) is 0 Å². The first-order valence-corrected chi connectivity index (χ1v) is 7.78. The normalized spacial score (nSPS) is 17.1. The number of nitrogens with zero attached hydrogens (tertiary/aromatic N) is 4. The Labute approximate surface area is 142 Å². The first-order valence-electron chi connectivity index (χ1n) is 7.78. The highest BCUT2D eigenvalue weighted by molar-refractivity contribution is 5.91. The minimum absolute atomic E-state index is 0.0534. The van der Waals surface area contributed by atoms with Gasteiger partial charge in [-0.3, -0.25) is 0 Å². The fourth-order valence-electron chi connectivity index (χ4n) is 2.66. The second kappa shape index (κ2) is 7.41. The molecular formula is C15H17F2N5O3. The van der Waals surface area contributed by atoms with Crippen molar-refractivity contribution in [3.63, 3.8) is 0 Å². The maximum Gasteiger partial charge on any atom is 0.322 e. The third kappa shape index (κ3) is 4.01. The van der Waals surface area contributed by atoms with Crippen molar-refractivity contribution < 1.29 is 22.8 Å². The van der Waals surface area contributed by atoms with E-state index in [9.17, 15) is 13.6 Å². The number of nitrogens with one attached hydrogen (secondary N) is 1. The third-order valence-electron chi connectivity index (χ3n) is 3.71. The van der Waals surface area contributed by atoms with Gasteiger partial charge in [-0.15, -0.1) is 0 Å². The number of pyridine rings is 1. The minimum Gasteiger partial charge on any atom is -0.470 e. The summed E-state index contributed by atoms with van der Waals surface area (Å²) >= 11 is 0. The Hall–Kier alpha value is -2.78. The molecule has 0 saturated carbocycles. The van der Waals surface area contributed by atoms with Crippen LogP contribution in [0, 0.1) is 6.92 Å². The van der Waals surface area contributed by atoms with E-state index in [2.05, 4.69) is 20.4 Å². The zero-order valence-corrected chi connectivity index (χ0v) is 13.5. The largest absolute Gasteiger partial charge is 0.470 e. The molecule has 1 aliphatic rings. The molecule has 3 heterocycles. The van der Waals surface area contributed by atoms with E-state index in [0.29, 0.717) is 24.7 Å². The monoisotopic (exact) mass is 353 g/mol. The summed E-state index contributed by atoms with van der Waals surface area (Å²) in [6, 6.07) is 2.42. The molecule has 0 aliphatic carbocycles. The van der Waals surface area contributed by atoms with E-state index in [1.165, 1.54) is 12.3 Å². The SMILES string of the molecule is Cc1nc(C2CCCN2C(=O)Nc2cccnc2OCC(F)F)no1. The summed E-state index contributed by atoms with van der Waals surface area (Å²) in [5, 5.41) is 6.53. The zero-order valence-electron chi connectivity index (χ0n) is 13.5. The summed E-state index contributed by atoms with van der Waals surface area (Å²) in [6.45, 7) is 1.41. The maximum absolute atomic E-state index is 12.6. The van der Waals surface area contributed by atoms with Gasteiger partial charge in [-0.05, 0) is 25.0 Å². The number of aromatic nitrogens is 3. The van der Waals surface area contributed by atoms with Crippen LogP contribution in [0.5, 0.6) is 5.88 Å². The second-order valence-electron chi connectivity index (χ2n) is 5.51. The number of halogens is 2. The Balaban J connectivity index is 1.71. The molecule has 2 amide bonds. The smallest absolute Gasteiger partial charge is 0.322 e. The minimum atomic E-state index is -2.63. The molecule has 134 valence electrons. The number of rotatable bonds is 5. The van der Waals surface area contributed by atoms with Gasteiger partial charge in [0.25, 0.3) is 6.43 Å². The Kier molecular flexibility index (Phi) is 5.05. The fourth-order valence-corrected chi connectivity index (χ4v) is 2.66. The van der Waals surface area contributed by atoms with Crippen molar-refractivity contribution in [2.45, 2.75) is 32.2 Å². The van der Waals surface area contributed by atoms with E-state index in [0.717, 1.165) is 6.42 Å². The van der Waals surface area contributed by atoms with Crippen LogP contribution in [-0.4, -0.2) is 45.6 Å². The van der Waals surface area contributed by atoms with E-state index >= 15 is 0 Å². The fraction of sp³-hybridized carbons (Fsp3) is 0.467. The van der Waals surface area contributed by atoms with Crippen molar-refractivity contribution in [1.82, 2.24) is 20.0 Å². The number of hydrogen-bond acceptors (Lipinski definition) is 6. The van der Waals surface area contributed by atoms with Crippen LogP contribution in [0.1, 0.15) is 30.6 Å². The number of amides is 2. The van der Waals surface area contributed by atoms with Crippen molar-refractivity contribution >= 4 is 11.7 Å². The van der Waals surface area contributed by atoms with Gasteiger partial charge in [0, 0.05) is 19.7 Å². The average molecular weight is 353 g/mol. The highest BCUT2D eigenvalue weighted by Gasteiger charge is 2.33. The van der Waals surface area contributed by atoms with Crippen LogP contribution in [-0.2, 0) is 0 Å². The van der Waals surface area contributed by atoms with Gasteiger partial charge in [-0.2, -0.15) is 4.98 Å². The van der Waals surface area contributed by atoms with E-state index in [1.807, 2.05) is 0 Å². The highest BCUT2D eigenvalue weighted by atomic mass is 19.3. The van der Waals surface area contributed by atoms with Gasteiger partial charge in [0.05, 0.1) is 6.04 Å². The van der Waals surface area contributed by atoms with E-state index < -0.39 is 19.1 Å². The summed E-state index contributed by atoms with van der Waals surface area (Å²) in [7, 11) is 0. The van der Waals surface area contributed by atoms with Crippen LogP contribution >= 0.6 is 0 Å². The Morgan fingerprint density at radius 2 is 2.40 bits per heavy atom. The van der Waals surface area contributed by atoms with Gasteiger partial charge >= 0.3 is 6.03 Å². The Morgan fingerprint density at radius 3 is 3.12 bits per heavy atom. The first-order chi connectivity index (χ1) is 12.0. The zero-order chi connectivity index (χ0) is 17.8. The number of hydrogen-bond donors (Lipinski definition) is 1. The van der Waals surface area contributed by atoms with Gasteiger partial charge in [0.15, 0.2) is 12.4 Å². The number of anilines is 1. The molecule has 1 fully saturated rings. The third-order valence-corrected chi connectivity index (χ3v) is 3.71. The molecule has 0 aromatic carbocycles. The molecule has 2 aromatic heterocycles. The second-order valence-corrected chi connectivity index (χ2v) is 5.51. The number of alkyl halides is 2. The topological polar surface area (TPSA) is 93.4 Å². The summed E-state index contributed by atoms with van der Waals surface area (Å²) in [5.74, 6) is 0.824. The predicted octanol–water partition coefficient (Wildman–Crippen LogP) is 2.79. The van der Waals surface area contributed by atoms with Gasteiger partial charge in [0.1, 0.15) is 5.69 Å². The number of ether oxygens (including phenoxy) is 1. The number of carbonyl (C=O) groups excluding carboxylic acids is 1. The molecule has 8 nitrogen and oxygen atoms in total. The lowest BCUT2D eigenvalue weighted by molar-refractivity contribution is 0.0800. The van der Waals surface area contributed by atoms with Crippen LogP contribution in [0.3, 0.4) is 0 Å². The maximum atomic E-state index is 12.6. The summed E-state index contributed by atoms with van der Waals surface area (Å²) < 4.78 is 34.6. The molecule has 1 N–H and O–H groups in total. The molecule has 1 atom stereocenters.